The predicted octanol–water partition coefficient (Wildman–Crippen LogP) is 3.55. The maximum Gasteiger partial charge on any atom is 0.391 e. The van der Waals surface area contributed by atoms with Crippen molar-refractivity contribution < 1.29 is 28.8 Å². The van der Waals surface area contributed by atoms with Gasteiger partial charge in [-0.1, -0.05) is 17.7 Å². The maximum atomic E-state index is 11.2. The van der Waals surface area contributed by atoms with E-state index in [4.69, 9.17) is 26.1 Å². The number of fused-ring (bicyclic) bond motifs is 1. The molecule has 34 heavy (non-hydrogen) atoms. The number of nitrogens with zero attached hydrogens (tertiary/aromatic N) is 4. The van der Waals surface area contributed by atoms with Crippen molar-refractivity contribution in [3.05, 3.63) is 35.6 Å². The maximum absolute atomic E-state index is 11.2. The van der Waals surface area contributed by atoms with Crippen LogP contribution in [-0.2, 0) is 13.9 Å². The Balaban J connectivity index is 1.69. The molecule has 0 radical (unpaired) electrons. The van der Waals surface area contributed by atoms with E-state index in [2.05, 4.69) is 25.6 Å². The molecule has 0 saturated carbocycles. The molecule has 0 fully saturated rings. The number of benzene rings is 1. The third-order valence-electron chi connectivity index (χ3n) is 4.80. The summed E-state index contributed by atoms with van der Waals surface area (Å²) in [5.74, 6) is 0.860. The zero-order valence-electron chi connectivity index (χ0n) is 18.6. The van der Waals surface area contributed by atoms with Crippen LogP contribution in [0, 0.1) is 0 Å². The van der Waals surface area contributed by atoms with Gasteiger partial charge in [-0.15, -0.1) is 0 Å². The number of aromatic nitrogens is 4. The van der Waals surface area contributed by atoms with Crippen molar-refractivity contribution in [2.75, 3.05) is 23.8 Å². The van der Waals surface area contributed by atoms with Crippen LogP contribution in [0.2, 0.25) is 5.02 Å². The van der Waals surface area contributed by atoms with Gasteiger partial charge in [0.25, 0.3) is 0 Å². The van der Waals surface area contributed by atoms with Gasteiger partial charge < -0.3 is 39.4 Å². The van der Waals surface area contributed by atoms with Crippen molar-refractivity contribution in [3.8, 4) is 0 Å². The van der Waals surface area contributed by atoms with Gasteiger partial charge in [-0.3, -0.25) is 4.57 Å². The molecule has 0 spiro atoms. The molecule has 0 amide bonds. The highest BCUT2D eigenvalue weighted by atomic mass is 35.5. The Bertz CT molecular complexity index is 1210. The Morgan fingerprint density at radius 3 is 2.71 bits per heavy atom. The monoisotopic (exact) mass is 532 g/mol. The van der Waals surface area contributed by atoms with Crippen LogP contribution >= 0.6 is 27.7 Å². The second-order valence-electron chi connectivity index (χ2n) is 7.75. The smallest absolute Gasteiger partial charge is 0.354 e. The standard InChI is InChI=1S/C19H27ClN6O6P2/c1-12(2)26-11-22-15-16(23-14-7-5-6-13(20)10-14)24-18(25-17(15)26)21-8-3-4-9-32-19(27,33-28)34(29,30)31/h5-7,10-12,27H,3-4,8-9,33H2,1-2H3,(H2,29,30,31)(H2,21,23,24,25). The first kappa shape index (κ1) is 26.6. The molecule has 1 aromatic carbocycles. The minimum Gasteiger partial charge on any atom is -0.354 e. The zero-order valence-corrected chi connectivity index (χ0v) is 21.4. The number of halogens is 1. The van der Waals surface area contributed by atoms with Crippen LogP contribution in [0.25, 0.3) is 11.2 Å². The van der Waals surface area contributed by atoms with Crippen LogP contribution in [0.4, 0.5) is 17.5 Å². The summed E-state index contributed by atoms with van der Waals surface area (Å²) in [7, 11) is -7.30. The zero-order chi connectivity index (χ0) is 24.9. The van der Waals surface area contributed by atoms with E-state index in [0.29, 0.717) is 47.3 Å². The number of anilines is 3. The highest BCUT2D eigenvalue weighted by molar-refractivity contribution is 7.62. The molecule has 186 valence electrons. The van der Waals surface area contributed by atoms with E-state index < -0.39 is 21.3 Å². The van der Waals surface area contributed by atoms with E-state index in [1.54, 1.807) is 18.5 Å². The number of unbranched alkanes of at least 4 members (excludes halogenated alkanes) is 1. The number of nitrogens with one attached hydrogen (secondary N) is 2. The number of imidazole rings is 1. The van der Waals surface area contributed by atoms with Crippen molar-refractivity contribution >= 4 is 56.3 Å². The molecule has 5 N–H and O–H groups in total. The lowest BCUT2D eigenvalue weighted by Crippen LogP contribution is -2.25. The summed E-state index contributed by atoms with van der Waals surface area (Å²) in [4.78, 5) is 31.7. The van der Waals surface area contributed by atoms with Crippen LogP contribution in [0.5, 0.6) is 0 Å². The largest absolute Gasteiger partial charge is 0.391 e. The Morgan fingerprint density at radius 2 is 2.06 bits per heavy atom. The highest BCUT2D eigenvalue weighted by Gasteiger charge is 2.46. The van der Waals surface area contributed by atoms with Gasteiger partial charge >= 0.3 is 12.9 Å². The van der Waals surface area contributed by atoms with Gasteiger partial charge in [0.05, 0.1) is 12.9 Å². The third-order valence-corrected chi connectivity index (χ3v) is 7.80. The number of hydrogen-bond acceptors (Lipinski definition) is 9. The highest BCUT2D eigenvalue weighted by Crippen LogP contribution is 2.55. The van der Waals surface area contributed by atoms with Crippen LogP contribution < -0.4 is 10.6 Å². The SMILES string of the molecule is CC(C)n1cnc2c(Nc3cccc(Cl)c3)nc(NCCCCOC(O)([PH2]=O)P(=O)(O)O)nc21. The van der Waals surface area contributed by atoms with Crippen molar-refractivity contribution in [2.24, 2.45) is 0 Å². The second-order valence-corrected chi connectivity index (χ2v) is 11.4. The van der Waals surface area contributed by atoms with Gasteiger partial charge in [0, 0.05) is 23.3 Å². The third kappa shape index (κ3) is 6.34. The summed E-state index contributed by atoms with van der Waals surface area (Å²) >= 11 is 6.09. The summed E-state index contributed by atoms with van der Waals surface area (Å²) in [6.45, 7) is 4.27. The lowest BCUT2D eigenvalue weighted by atomic mass is 10.3. The Labute approximate surface area is 202 Å². The molecule has 2 heterocycles. The molecule has 3 aromatic rings. The molecule has 0 aliphatic carbocycles. The molecule has 0 saturated heterocycles. The molecule has 3 rings (SSSR count). The fraction of sp³-hybridized carbons (Fsp3) is 0.421. The quantitative estimate of drug-likeness (QED) is 0.131. The first-order valence-corrected chi connectivity index (χ1v) is 13.5. The fourth-order valence-electron chi connectivity index (χ4n) is 3.00. The summed E-state index contributed by atoms with van der Waals surface area (Å²) in [5, 5.41) is 13.7. The van der Waals surface area contributed by atoms with E-state index >= 15 is 0 Å². The van der Waals surface area contributed by atoms with E-state index in [-0.39, 0.29) is 12.6 Å². The Morgan fingerprint density at radius 1 is 1.29 bits per heavy atom. The first-order valence-electron chi connectivity index (χ1n) is 10.4. The lowest BCUT2D eigenvalue weighted by molar-refractivity contribution is -0.0884. The predicted molar refractivity (Wildman–Crippen MR) is 132 cm³/mol. The Kier molecular flexibility index (Phi) is 8.70. The van der Waals surface area contributed by atoms with Crippen molar-refractivity contribution in [2.45, 2.75) is 38.0 Å². The summed E-state index contributed by atoms with van der Waals surface area (Å²) in [5.41, 5.74) is 1.99. The van der Waals surface area contributed by atoms with Crippen LogP contribution in [0.1, 0.15) is 32.7 Å². The minimum atomic E-state index is -5.06. The molecule has 2 unspecified atom stereocenters. The summed E-state index contributed by atoms with van der Waals surface area (Å²) < 4.78 is 29.0. The summed E-state index contributed by atoms with van der Waals surface area (Å²) in [6.07, 6.45) is 2.55. The van der Waals surface area contributed by atoms with Gasteiger partial charge in [-0.05, 0) is 44.9 Å². The average Bonchev–Trinajstić information content (AvgIpc) is 3.20. The van der Waals surface area contributed by atoms with Crippen LogP contribution in [0.3, 0.4) is 0 Å². The molecule has 0 aliphatic heterocycles. The first-order chi connectivity index (χ1) is 16.0. The molecule has 0 bridgehead atoms. The van der Waals surface area contributed by atoms with Gasteiger partial charge in [-0.2, -0.15) is 9.97 Å². The van der Waals surface area contributed by atoms with Crippen molar-refractivity contribution in [1.82, 2.24) is 19.5 Å². The molecular weight excluding hydrogens is 506 g/mol. The summed E-state index contributed by atoms with van der Waals surface area (Å²) in [6, 6.07) is 7.34. The van der Waals surface area contributed by atoms with E-state index in [0.717, 1.165) is 5.69 Å². The van der Waals surface area contributed by atoms with Gasteiger partial charge in [-0.25, -0.2) is 4.98 Å². The van der Waals surface area contributed by atoms with Gasteiger partial charge in [0.1, 0.15) is 8.46 Å². The molecule has 2 atom stereocenters. The minimum absolute atomic E-state index is 0.125. The average molecular weight is 533 g/mol. The van der Waals surface area contributed by atoms with Gasteiger partial charge in [0.2, 0.25) is 5.95 Å². The molecular formula is C19H27ClN6O6P2. The topological polar surface area (TPSA) is 172 Å². The number of aliphatic hydroxyl groups is 1. The normalized spacial score (nSPS) is 14.2. The van der Waals surface area contributed by atoms with E-state index in [1.807, 2.05) is 30.5 Å². The van der Waals surface area contributed by atoms with Crippen LogP contribution in [-0.4, -0.2) is 52.8 Å². The molecule has 0 aliphatic rings. The van der Waals surface area contributed by atoms with Crippen molar-refractivity contribution in [3.63, 3.8) is 0 Å². The number of rotatable bonds is 12. The van der Waals surface area contributed by atoms with Crippen LogP contribution in [0.15, 0.2) is 30.6 Å². The molecule has 15 heteroatoms. The second kappa shape index (κ2) is 11.1. The number of ether oxygens (including phenoxy) is 1. The molecule has 2 aromatic heterocycles. The van der Waals surface area contributed by atoms with Crippen molar-refractivity contribution in [1.29, 1.82) is 0 Å². The lowest BCUT2D eigenvalue weighted by Gasteiger charge is -2.23. The Hall–Kier alpha value is -2.04. The van der Waals surface area contributed by atoms with Gasteiger partial charge in [0.15, 0.2) is 17.0 Å². The molecule has 12 nitrogen and oxygen atoms in total. The fourth-order valence-corrected chi connectivity index (χ4v) is 4.18. The number of hydrogen-bond donors (Lipinski definition) is 5. The van der Waals surface area contributed by atoms with E-state index in [1.165, 1.54) is 0 Å². The van der Waals surface area contributed by atoms with E-state index in [9.17, 15) is 14.2 Å².